The Labute approximate surface area is 236 Å². The number of pyridine rings is 1. The number of amides is 1. The zero-order valence-corrected chi connectivity index (χ0v) is 23.3. The first-order valence-corrected chi connectivity index (χ1v) is 14.0. The van der Waals surface area contributed by atoms with Crippen LogP contribution >= 0.6 is 12.4 Å². The summed E-state index contributed by atoms with van der Waals surface area (Å²) in [6.45, 7) is 1.68. The number of halogens is 2. The molecule has 0 spiro atoms. The second-order valence-corrected chi connectivity index (χ2v) is 10.3. The fourth-order valence-electron chi connectivity index (χ4n) is 5.44. The number of unbranched alkanes of at least 4 members (excludes halogenated alkanes) is 2. The Morgan fingerprint density at radius 3 is 2.49 bits per heavy atom. The second kappa shape index (κ2) is 15.6. The third kappa shape index (κ3) is 9.07. The molecule has 1 amide bonds. The van der Waals surface area contributed by atoms with Crippen LogP contribution in [0.4, 0.5) is 4.39 Å². The molecule has 1 heterocycles. The summed E-state index contributed by atoms with van der Waals surface area (Å²) < 4.78 is 18.8. The minimum absolute atomic E-state index is 0. The number of aromatic amines is 1. The van der Waals surface area contributed by atoms with Crippen molar-refractivity contribution in [3.8, 4) is 5.75 Å². The predicted octanol–water partition coefficient (Wildman–Crippen LogP) is 6.32. The van der Waals surface area contributed by atoms with E-state index in [0.717, 1.165) is 61.6 Å². The Balaban J connectivity index is 0.00000420. The van der Waals surface area contributed by atoms with E-state index in [9.17, 15) is 19.1 Å². The second-order valence-electron chi connectivity index (χ2n) is 10.3. The fourth-order valence-corrected chi connectivity index (χ4v) is 5.44. The predicted molar refractivity (Wildman–Crippen MR) is 155 cm³/mol. The number of ether oxygens (including phenoxy) is 1. The molecule has 1 aliphatic rings. The lowest BCUT2D eigenvalue weighted by Gasteiger charge is -2.34. The highest BCUT2D eigenvalue weighted by atomic mass is 35.5. The van der Waals surface area contributed by atoms with E-state index in [4.69, 9.17) is 4.74 Å². The smallest absolute Gasteiger partial charge is 0.248 e. The molecule has 0 aliphatic heterocycles. The molecule has 4 rings (SSSR count). The van der Waals surface area contributed by atoms with Crippen LogP contribution in [0.15, 0.2) is 53.3 Å². The van der Waals surface area contributed by atoms with Gasteiger partial charge in [-0.05, 0) is 73.9 Å². The molecule has 3 aromatic rings. The summed E-state index contributed by atoms with van der Waals surface area (Å²) in [6, 6.07) is 13.6. The number of aromatic hydroxyl groups is 1. The van der Waals surface area contributed by atoms with Crippen LogP contribution in [0.25, 0.3) is 10.9 Å². The maximum atomic E-state index is 13.2. The van der Waals surface area contributed by atoms with Gasteiger partial charge in [-0.15, -0.1) is 12.4 Å². The molecule has 0 atom stereocenters. The van der Waals surface area contributed by atoms with Crippen molar-refractivity contribution >= 4 is 29.2 Å². The summed E-state index contributed by atoms with van der Waals surface area (Å²) in [5.41, 5.74) is 2.39. The van der Waals surface area contributed by atoms with Crippen molar-refractivity contribution in [3.63, 3.8) is 0 Å². The van der Waals surface area contributed by atoms with E-state index in [1.807, 2.05) is 6.07 Å². The van der Waals surface area contributed by atoms with Crippen LogP contribution in [0.5, 0.6) is 5.75 Å². The lowest BCUT2D eigenvalue weighted by molar-refractivity contribution is -0.135. The minimum Gasteiger partial charge on any atom is -0.506 e. The van der Waals surface area contributed by atoms with E-state index in [1.54, 1.807) is 24.3 Å². The van der Waals surface area contributed by atoms with Gasteiger partial charge < -0.3 is 19.7 Å². The molecule has 1 aromatic heterocycles. The van der Waals surface area contributed by atoms with Crippen molar-refractivity contribution in [2.75, 3.05) is 19.8 Å². The molecular weight excluding hydrogens is 519 g/mol. The molecule has 0 unspecified atom stereocenters. The highest BCUT2D eigenvalue weighted by molar-refractivity contribution is 5.87. The van der Waals surface area contributed by atoms with Crippen LogP contribution in [0.2, 0.25) is 0 Å². The number of carbonyl (C=O) groups excluding carboxylic acids is 1. The average molecular weight is 559 g/mol. The zero-order chi connectivity index (χ0) is 26.7. The standard InChI is InChI=1S/C31H39FN2O4.ClH/c32-25-13-10-23(11-14-25)18-21-38-22-19-30(37)34(26-8-4-1-5-9-26)20-6-2-3-7-24-12-16-28(35)31-27(24)15-17-29(36)33-31;/h10-17,26,35H,1-9,18-22H2,(H,33,36);1H. The Hall–Kier alpha value is -2.90. The number of aromatic nitrogens is 1. The van der Waals surface area contributed by atoms with Crippen molar-refractivity contribution < 1.29 is 19.0 Å². The maximum absolute atomic E-state index is 13.2. The van der Waals surface area contributed by atoms with Crippen LogP contribution in [-0.2, 0) is 22.4 Å². The SMILES string of the molecule is Cl.O=C(CCOCCc1ccc(F)cc1)N(CCCCCc1ccc(O)c2[nH]c(=O)ccc12)C1CCCCC1. The van der Waals surface area contributed by atoms with Crippen LogP contribution in [0.1, 0.15) is 68.9 Å². The zero-order valence-electron chi connectivity index (χ0n) is 22.5. The number of rotatable bonds is 13. The largest absolute Gasteiger partial charge is 0.506 e. The number of phenols is 1. The molecule has 1 saturated carbocycles. The van der Waals surface area contributed by atoms with Gasteiger partial charge in [-0.1, -0.05) is 43.9 Å². The number of nitrogens with zero attached hydrogens (tertiary/aromatic N) is 1. The number of benzene rings is 2. The topological polar surface area (TPSA) is 82.6 Å². The summed E-state index contributed by atoms with van der Waals surface area (Å²) in [7, 11) is 0. The Kier molecular flexibility index (Phi) is 12.3. The summed E-state index contributed by atoms with van der Waals surface area (Å²) >= 11 is 0. The molecule has 2 N–H and O–H groups in total. The number of fused-ring (bicyclic) bond motifs is 1. The molecule has 0 radical (unpaired) electrons. The molecule has 1 fully saturated rings. The Morgan fingerprint density at radius 1 is 0.949 bits per heavy atom. The molecule has 0 bridgehead atoms. The van der Waals surface area contributed by atoms with E-state index in [0.29, 0.717) is 37.6 Å². The molecule has 8 heteroatoms. The Morgan fingerprint density at radius 2 is 1.72 bits per heavy atom. The quantitative estimate of drug-likeness (QED) is 0.241. The number of nitrogens with one attached hydrogen (secondary N) is 1. The summed E-state index contributed by atoms with van der Waals surface area (Å²) in [5.74, 6) is 0.0177. The van der Waals surface area contributed by atoms with Crippen LogP contribution in [0.3, 0.4) is 0 Å². The van der Waals surface area contributed by atoms with Crippen LogP contribution in [-0.4, -0.2) is 46.7 Å². The monoisotopic (exact) mass is 558 g/mol. The van der Waals surface area contributed by atoms with Gasteiger partial charge in [0, 0.05) is 24.0 Å². The average Bonchev–Trinajstić information content (AvgIpc) is 2.93. The van der Waals surface area contributed by atoms with Crippen molar-refractivity contribution in [2.45, 2.75) is 76.7 Å². The van der Waals surface area contributed by atoms with Gasteiger partial charge in [0.15, 0.2) is 0 Å². The first-order valence-electron chi connectivity index (χ1n) is 14.0. The third-order valence-electron chi connectivity index (χ3n) is 7.55. The molecule has 2 aromatic carbocycles. The van der Waals surface area contributed by atoms with Crippen molar-refractivity contribution in [2.24, 2.45) is 0 Å². The van der Waals surface area contributed by atoms with Gasteiger partial charge in [-0.25, -0.2) is 4.39 Å². The van der Waals surface area contributed by atoms with E-state index < -0.39 is 0 Å². The van der Waals surface area contributed by atoms with E-state index in [2.05, 4.69) is 9.88 Å². The van der Waals surface area contributed by atoms with Gasteiger partial charge >= 0.3 is 0 Å². The lowest BCUT2D eigenvalue weighted by Crippen LogP contribution is -2.42. The van der Waals surface area contributed by atoms with Crippen molar-refractivity contribution in [1.29, 1.82) is 0 Å². The molecule has 6 nitrogen and oxygen atoms in total. The van der Waals surface area contributed by atoms with Crippen LogP contribution < -0.4 is 5.56 Å². The Bertz CT molecular complexity index is 1240. The normalized spacial score (nSPS) is 13.8. The molecule has 1 aliphatic carbocycles. The number of carbonyl (C=O) groups is 1. The number of aryl methyl sites for hydroxylation is 1. The number of H-pyrrole nitrogens is 1. The van der Waals surface area contributed by atoms with Crippen molar-refractivity contribution in [3.05, 3.63) is 75.8 Å². The summed E-state index contributed by atoms with van der Waals surface area (Å²) in [4.78, 5) is 29.6. The lowest BCUT2D eigenvalue weighted by atomic mass is 9.93. The van der Waals surface area contributed by atoms with Gasteiger partial charge in [0.2, 0.25) is 11.5 Å². The third-order valence-corrected chi connectivity index (χ3v) is 7.55. The summed E-state index contributed by atoms with van der Waals surface area (Å²) in [5, 5.41) is 11.0. The van der Waals surface area contributed by atoms with Gasteiger partial charge in [-0.2, -0.15) is 0 Å². The molecular formula is C31H40ClFN2O4. The fraction of sp³-hybridized carbons (Fsp3) is 0.484. The van der Waals surface area contributed by atoms with Gasteiger partial charge in [0.25, 0.3) is 0 Å². The van der Waals surface area contributed by atoms with Gasteiger partial charge in [0.1, 0.15) is 11.6 Å². The van der Waals surface area contributed by atoms with Gasteiger partial charge in [-0.3, -0.25) is 9.59 Å². The van der Waals surface area contributed by atoms with E-state index >= 15 is 0 Å². The van der Waals surface area contributed by atoms with E-state index in [-0.39, 0.29) is 35.4 Å². The van der Waals surface area contributed by atoms with Crippen LogP contribution in [0, 0.1) is 5.82 Å². The first-order chi connectivity index (χ1) is 18.5. The van der Waals surface area contributed by atoms with Crippen molar-refractivity contribution in [1.82, 2.24) is 9.88 Å². The number of phenolic OH excluding ortho intramolecular Hbond substituents is 1. The molecule has 0 saturated heterocycles. The molecule has 39 heavy (non-hydrogen) atoms. The summed E-state index contributed by atoms with van der Waals surface area (Å²) in [6.07, 6.45) is 10.6. The highest BCUT2D eigenvalue weighted by Crippen LogP contribution is 2.27. The number of hydrogen-bond donors (Lipinski definition) is 2. The first kappa shape index (κ1) is 30.6. The maximum Gasteiger partial charge on any atom is 0.248 e. The van der Waals surface area contributed by atoms with E-state index in [1.165, 1.54) is 37.5 Å². The van der Waals surface area contributed by atoms with Gasteiger partial charge in [0.05, 0.1) is 25.2 Å². The molecule has 212 valence electrons. The minimum atomic E-state index is -0.241. The highest BCUT2D eigenvalue weighted by Gasteiger charge is 2.24. The number of hydrogen-bond acceptors (Lipinski definition) is 4.